The maximum Gasteiger partial charge on any atom is 0.274 e. The number of hydrogen-bond acceptors (Lipinski definition) is 5. The van der Waals surface area contributed by atoms with Gasteiger partial charge in [-0.25, -0.2) is 18.7 Å². The van der Waals surface area contributed by atoms with Gasteiger partial charge in [0, 0.05) is 13.1 Å². The first-order valence-electron chi connectivity index (χ1n) is 10.3. The van der Waals surface area contributed by atoms with E-state index in [-0.39, 0.29) is 23.6 Å². The second-order valence-corrected chi connectivity index (χ2v) is 9.05. The van der Waals surface area contributed by atoms with E-state index >= 15 is 0 Å². The van der Waals surface area contributed by atoms with Crippen LogP contribution >= 0.6 is 11.3 Å². The maximum atomic E-state index is 13.6. The van der Waals surface area contributed by atoms with Crippen molar-refractivity contribution < 1.29 is 13.6 Å². The molecule has 1 saturated heterocycles. The highest BCUT2D eigenvalue weighted by molar-refractivity contribution is 7.15. The van der Waals surface area contributed by atoms with Gasteiger partial charge in [-0.2, -0.15) is 0 Å². The lowest BCUT2D eigenvalue weighted by Gasteiger charge is -2.40. The molecular weight excluding hydrogens is 418 g/mol. The summed E-state index contributed by atoms with van der Waals surface area (Å²) in [5.74, 6) is 0.0423. The highest BCUT2D eigenvalue weighted by Gasteiger charge is 2.34. The average molecular weight is 443 g/mol. The van der Waals surface area contributed by atoms with E-state index in [2.05, 4.69) is 22.2 Å². The minimum atomic E-state index is -0.388. The lowest BCUT2D eigenvalue weighted by molar-refractivity contribution is 0.0535. The third-order valence-electron chi connectivity index (χ3n) is 5.64. The van der Waals surface area contributed by atoms with E-state index < -0.39 is 0 Å². The Morgan fingerprint density at radius 2 is 1.94 bits per heavy atom. The maximum absolute atomic E-state index is 13.6. The summed E-state index contributed by atoms with van der Waals surface area (Å²) in [5.41, 5.74) is 1.19. The molecule has 1 aliphatic rings. The Hall–Kier alpha value is -2.87. The summed E-state index contributed by atoms with van der Waals surface area (Å²) in [7, 11) is 0. The molecule has 0 radical (unpaired) electrons. The molecule has 5 nitrogen and oxygen atoms in total. The number of anilines is 1. The summed E-state index contributed by atoms with van der Waals surface area (Å²) in [6, 6.07) is 9.04. The zero-order chi connectivity index (χ0) is 22.0. The van der Waals surface area contributed by atoms with Crippen LogP contribution in [0.1, 0.15) is 35.3 Å². The van der Waals surface area contributed by atoms with Crippen molar-refractivity contribution in [3.05, 3.63) is 64.9 Å². The van der Waals surface area contributed by atoms with Gasteiger partial charge in [-0.3, -0.25) is 4.79 Å². The molecule has 2 aromatic heterocycles. The Kier molecular flexibility index (Phi) is 6.27. The van der Waals surface area contributed by atoms with Crippen LogP contribution in [0.2, 0.25) is 0 Å². The summed E-state index contributed by atoms with van der Waals surface area (Å²) in [4.78, 5) is 24.8. The smallest absolute Gasteiger partial charge is 0.274 e. The summed E-state index contributed by atoms with van der Waals surface area (Å²) in [5, 5.41) is 4.02. The number of aromatic nitrogens is 2. The number of hydrogen-bond donors (Lipinski definition) is 1. The second kappa shape index (κ2) is 9.09. The highest BCUT2D eigenvalue weighted by atomic mass is 32.1. The molecule has 0 bridgehead atoms. The number of likely N-dealkylation sites (tertiary alicyclic amines) is 1. The zero-order valence-electron chi connectivity index (χ0n) is 17.4. The Morgan fingerprint density at radius 1 is 1.19 bits per heavy atom. The lowest BCUT2D eigenvalue weighted by atomic mass is 9.90. The minimum absolute atomic E-state index is 0.0452. The number of benzene rings is 1. The van der Waals surface area contributed by atoms with Crippen molar-refractivity contribution in [2.24, 2.45) is 5.92 Å². The molecule has 1 amide bonds. The number of pyridine rings is 1. The number of aryl methyl sites for hydroxylation is 1. The number of piperidine rings is 1. The number of thiazole rings is 1. The van der Waals surface area contributed by atoms with Gasteiger partial charge in [-0.15, -0.1) is 11.3 Å². The summed E-state index contributed by atoms with van der Waals surface area (Å²) < 4.78 is 26.5. The quantitative estimate of drug-likeness (QED) is 0.594. The van der Waals surface area contributed by atoms with Gasteiger partial charge in [-0.1, -0.05) is 19.1 Å². The van der Waals surface area contributed by atoms with Gasteiger partial charge in [0.1, 0.15) is 23.1 Å². The average Bonchev–Trinajstić information content (AvgIpc) is 3.15. The fraction of sp³-hybridized carbons (Fsp3) is 0.348. The molecule has 8 heteroatoms. The van der Waals surface area contributed by atoms with Crippen LogP contribution in [0.4, 0.5) is 14.6 Å². The third-order valence-corrected chi connectivity index (χ3v) is 6.66. The third kappa shape index (κ3) is 4.74. The van der Waals surface area contributed by atoms with Crippen molar-refractivity contribution in [3.8, 4) is 10.4 Å². The van der Waals surface area contributed by atoms with Gasteiger partial charge < -0.3 is 10.2 Å². The number of nitrogens with zero attached hydrogens (tertiary/aromatic N) is 3. The fourth-order valence-electron chi connectivity index (χ4n) is 4.01. The fourth-order valence-corrected chi connectivity index (χ4v) is 4.92. The Labute approximate surface area is 184 Å². The number of amides is 1. The molecule has 0 aliphatic carbocycles. The topological polar surface area (TPSA) is 58.1 Å². The summed E-state index contributed by atoms with van der Waals surface area (Å²) >= 11 is 1.44. The van der Waals surface area contributed by atoms with E-state index in [1.165, 1.54) is 35.7 Å². The molecule has 0 saturated carbocycles. The summed E-state index contributed by atoms with van der Waals surface area (Å²) in [6.07, 6.45) is 3.11. The SMILES string of the molecule is Cc1nc(C(=O)N2CCCC(C)C2CNc2ccc(F)cn2)c(-c2ccc(F)cc2)s1. The van der Waals surface area contributed by atoms with Gasteiger partial charge in [0.05, 0.1) is 22.1 Å². The van der Waals surface area contributed by atoms with Crippen LogP contribution < -0.4 is 5.32 Å². The molecule has 4 rings (SSSR count). The Balaban J connectivity index is 1.58. The number of rotatable bonds is 5. The van der Waals surface area contributed by atoms with Crippen molar-refractivity contribution in [1.29, 1.82) is 0 Å². The Morgan fingerprint density at radius 3 is 2.65 bits per heavy atom. The van der Waals surface area contributed by atoms with Crippen LogP contribution in [0.25, 0.3) is 10.4 Å². The van der Waals surface area contributed by atoms with Crippen LogP contribution in [0.15, 0.2) is 42.6 Å². The lowest BCUT2D eigenvalue weighted by Crippen LogP contribution is -2.51. The molecule has 1 N–H and O–H groups in total. The first-order valence-corrected chi connectivity index (χ1v) is 11.1. The first kappa shape index (κ1) is 21.4. The molecule has 0 spiro atoms. The van der Waals surface area contributed by atoms with E-state index in [0.29, 0.717) is 30.5 Å². The van der Waals surface area contributed by atoms with E-state index in [0.717, 1.165) is 28.3 Å². The van der Waals surface area contributed by atoms with Crippen molar-refractivity contribution in [1.82, 2.24) is 14.9 Å². The second-order valence-electron chi connectivity index (χ2n) is 7.85. The van der Waals surface area contributed by atoms with Crippen LogP contribution in [0.5, 0.6) is 0 Å². The number of carbonyl (C=O) groups excluding carboxylic acids is 1. The highest BCUT2D eigenvalue weighted by Crippen LogP contribution is 2.33. The van der Waals surface area contributed by atoms with Crippen molar-refractivity contribution in [2.75, 3.05) is 18.4 Å². The van der Waals surface area contributed by atoms with E-state index in [4.69, 9.17) is 0 Å². The molecule has 2 atom stereocenters. The van der Waals surface area contributed by atoms with E-state index in [1.807, 2.05) is 11.8 Å². The van der Waals surface area contributed by atoms with Gasteiger partial charge in [0.25, 0.3) is 5.91 Å². The molecule has 31 heavy (non-hydrogen) atoms. The molecular formula is C23H24F2N4OS. The van der Waals surface area contributed by atoms with E-state index in [9.17, 15) is 13.6 Å². The van der Waals surface area contributed by atoms with Crippen LogP contribution in [-0.2, 0) is 0 Å². The van der Waals surface area contributed by atoms with Crippen LogP contribution in [-0.4, -0.2) is 39.9 Å². The van der Waals surface area contributed by atoms with Crippen LogP contribution in [0, 0.1) is 24.5 Å². The van der Waals surface area contributed by atoms with E-state index in [1.54, 1.807) is 18.2 Å². The van der Waals surface area contributed by atoms with Gasteiger partial charge in [-0.05, 0) is 55.5 Å². The predicted octanol–water partition coefficient (Wildman–Crippen LogP) is 5.14. The molecule has 2 unspecified atom stereocenters. The van der Waals surface area contributed by atoms with Crippen molar-refractivity contribution in [3.63, 3.8) is 0 Å². The molecule has 162 valence electrons. The number of carbonyl (C=O) groups is 1. The minimum Gasteiger partial charge on any atom is -0.368 e. The molecule has 1 aromatic carbocycles. The normalized spacial score (nSPS) is 18.8. The monoisotopic (exact) mass is 442 g/mol. The standard InChI is InChI=1S/C23H24F2N4OS/c1-14-4-3-11-29(19(14)13-27-20-10-9-18(25)12-26-20)23(30)21-22(31-15(2)28-21)16-5-7-17(24)8-6-16/h5-10,12,14,19H,3-4,11,13H2,1-2H3,(H,26,27). The largest absolute Gasteiger partial charge is 0.368 e. The first-order chi connectivity index (χ1) is 14.9. The Bertz CT molecular complexity index is 1050. The predicted molar refractivity (Wildman–Crippen MR) is 118 cm³/mol. The van der Waals surface area contributed by atoms with Crippen molar-refractivity contribution in [2.45, 2.75) is 32.7 Å². The van der Waals surface area contributed by atoms with Crippen LogP contribution in [0.3, 0.4) is 0 Å². The number of halogens is 2. The van der Waals surface area contributed by atoms with Crippen molar-refractivity contribution >= 4 is 23.1 Å². The van der Waals surface area contributed by atoms with Gasteiger partial charge >= 0.3 is 0 Å². The molecule has 1 fully saturated rings. The van der Waals surface area contributed by atoms with Gasteiger partial charge in [0.15, 0.2) is 0 Å². The molecule has 3 heterocycles. The molecule has 1 aliphatic heterocycles. The zero-order valence-corrected chi connectivity index (χ0v) is 18.3. The molecule has 3 aromatic rings. The summed E-state index contributed by atoms with van der Waals surface area (Å²) in [6.45, 7) is 5.16. The number of nitrogens with one attached hydrogen (secondary N) is 1. The van der Waals surface area contributed by atoms with Gasteiger partial charge in [0.2, 0.25) is 0 Å².